The van der Waals surface area contributed by atoms with E-state index in [9.17, 15) is 14.5 Å². The first-order chi connectivity index (χ1) is 18.1. The van der Waals surface area contributed by atoms with E-state index in [-0.39, 0.29) is 30.9 Å². The summed E-state index contributed by atoms with van der Waals surface area (Å²) < 4.78 is 44.2. The molecule has 3 aromatic rings. The molecule has 14 nitrogen and oxygen atoms in total. The molecule has 204 valence electrons. The van der Waals surface area contributed by atoms with Crippen LogP contribution in [0.4, 0.5) is 5.82 Å². The smallest absolute Gasteiger partial charge is 0.459 e. The number of carbonyl (C=O) groups excluding carboxylic acids is 1. The predicted octanol–water partition coefficient (Wildman–Crippen LogP) is 1.57. The highest BCUT2D eigenvalue weighted by Gasteiger charge is 2.63. The fourth-order valence-corrected chi connectivity index (χ4v) is 5.87. The third-order valence-corrected chi connectivity index (χ3v) is 7.80. The van der Waals surface area contributed by atoms with E-state index in [2.05, 4.69) is 20.0 Å². The zero-order chi connectivity index (χ0) is 27.1. The third-order valence-electron chi connectivity index (χ3n) is 6.17. The van der Waals surface area contributed by atoms with Gasteiger partial charge in [0, 0.05) is 0 Å². The minimum Gasteiger partial charge on any atom is -0.462 e. The molecule has 2 aromatic heterocycles. The molecule has 0 spiro atoms. The number of nitrogens with one attached hydrogen (secondary N) is 1. The summed E-state index contributed by atoms with van der Waals surface area (Å²) in [6, 6.07) is 7.33. The minimum absolute atomic E-state index is 0.0324. The molecule has 15 heteroatoms. The Bertz CT molecular complexity index is 1360. The van der Waals surface area contributed by atoms with Crippen LogP contribution in [0.3, 0.4) is 0 Å². The number of fused-ring (bicyclic) bond motifs is 3. The molecule has 0 radical (unpaired) electrons. The van der Waals surface area contributed by atoms with E-state index in [0.717, 1.165) is 0 Å². The normalized spacial score (nSPS) is 26.9. The van der Waals surface area contributed by atoms with Crippen LogP contribution in [-0.4, -0.2) is 73.8 Å². The number of nitrogens with two attached hydrogens (primary N) is 1. The number of rotatable bonds is 10. The van der Waals surface area contributed by atoms with Crippen molar-refractivity contribution in [1.29, 1.82) is 0 Å². The van der Waals surface area contributed by atoms with Gasteiger partial charge >= 0.3 is 13.7 Å². The van der Waals surface area contributed by atoms with Crippen molar-refractivity contribution >= 4 is 30.7 Å². The van der Waals surface area contributed by atoms with E-state index < -0.39 is 43.8 Å². The lowest BCUT2D eigenvalue weighted by molar-refractivity contribution is -0.183. The largest absolute Gasteiger partial charge is 0.462 e. The summed E-state index contributed by atoms with van der Waals surface area (Å²) in [5, 5.41) is 13.7. The van der Waals surface area contributed by atoms with Crippen LogP contribution in [0.2, 0.25) is 0 Å². The van der Waals surface area contributed by atoms with Crippen LogP contribution < -0.4 is 15.3 Å². The van der Waals surface area contributed by atoms with Gasteiger partial charge in [-0.3, -0.25) is 13.9 Å². The van der Waals surface area contributed by atoms with Crippen molar-refractivity contribution in [3.8, 4) is 5.75 Å². The molecular weight excluding hydrogens is 519 g/mol. The maximum Gasteiger partial charge on any atom is 0.459 e. The zero-order valence-corrected chi connectivity index (χ0v) is 21.9. The fraction of sp³-hybridized carbons (Fsp3) is 0.478. The van der Waals surface area contributed by atoms with Crippen molar-refractivity contribution in [2.75, 3.05) is 18.9 Å². The van der Waals surface area contributed by atoms with Crippen molar-refractivity contribution in [2.24, 2.45) is 0 Å². The SMILES string of the molecule is CC(C)OC(=O)C(C)NP(=O)(OC[C@@]12CO[C@@H](C(n3cnc4c(N)ncnc43)O1)[C@@H]2O)Oc1ccccc1. The summed E-state index contributed by atoms with van der Waals surface area (Å²) in [4.78, 5) is 24.8. The number of imidazole rings is 1. The molecule has 5 rings (SSSR count). The Morgan fingerprint density at radius 3 is 2.79 bits per heavy atom. The lowest BCUT2D eigenvalue weighted by Crippen LogP contribution is -2.46. The maximum absolute atomic E-state index is 13.9. The zero-order valence-electron chi connectivity index (χ0n) is 21.0. The van der Waals surface area contributed by atoms with Gasteiger partial charge in [-0.1, -0.05) is 18.2 Å². The molecule has 2 saturated heterocycles. The predicted molar refractivity (Wildman–Crippen MR) is 133 cm³/mol. The average molecular weight is 548 g/mol. The third kappa shape index (κ3) is 4.98. The van der Waals surface area contributed by atoms with Crippen LogP contribution in [0.15, 0.2) is 43.0 Å². The van der Waals surface area contributed by atoms with Crippen molar-refractivity contribution in [3.05, 3.63) is 43.0 Å². The summed E-state index contributed by atoms with van der Waals surface area (Å²) in [5.74, 6) is -0.182. The molecule has 2 aliphatic heterocycles. The number of aliphatic hydroxyl groups excluding tert-OH is 1. The van der Waals surface area contributed by atoms with Gasteiger partial charge in [0.2, 0.25) is 0 Å². The summed E-state index contributed by atoms with van der Waals surface area (Å²) in [6.07, 6.45) is -0.338. The molecule has 6 atom stereocenters. The first kappa shape index (κ1) is 26.5. The summed E-state index contributed by atoms with van der Waals surface area (Å²) in [5.41, 5.74) is 5.29. The summed E-state index contributed by atoms with van der Waals surface area (Å²) >= 11 is 0. The van der Waals surface area contributed by atoms with E-state index in [1.54, 1.807) is 48.7 Å². The number of benzene rings is 1. The van der Waals surface area contributed by atoms with Crippen molar-refractivity contribution in [2.45, 2.75) is 57.0 Å². The molecular formula is C23H29N6O8P. The van der Waals surface area contributed by atoms with E-state index in [4.69, 9.17) is 29.0 Å². The summed E-state index contributed by atoms with van der Waals surface area (Å²) in [6.45, 7) is 4.48. The Labute approximate surface area is 218 Å². The highest BCUT2D eigenvalue weighted by atomic mass is 31.2. The minimum atomic E-state index is -4.19. The second kappa shape index (κ2) is 10.2. The number of aliphatic hydroxyl groups is 1. The van der Waals surface area contributed by atoms with Crippen molar-refractivity contribution in [1.82, 2.24) is 24.6 Å². The van der Waals surface area contributed by atoms with Gasteiger partial charge in [-0.05, 0) is 32.9 Å². The van der Waals surface area contributed by atoms with Gasteiger partial charge in [0.15, 0.2) is 17.7 Å². The number of nitrogens with zero attached hydrogens (tertiary/aromatic N) is 4. The van der Waals surface area contributed by atoms with Crippen molar-refractivity contribution < 1.29 is 37.7 Å². The first-order valence-corrected chi connectivity index (χ1v) is 13.5. The molecule has 2 fully saturated rings. The number of nitrogen functional groups attached to an aromatic ring is 1. The van der Waals surface area contributed by atoms with Crippen molar-refractivity contribution in [3.63, 3.8) is 0 Å². The number of ether oxygens (including phenoxy) is 3. The molecule has 0 aliphatic carbocycles. The van der Waals surface area contributed by atoms with Gasteiger partial charge in [-0.25, -0.2) is 19.5 Å². The van der Waals surface area contributed by atoms with Crippen LogP contribution in [-0.2, 0) is 28.1 Å². The van der Waals surface area contributed by atoms with Gasteiger partial charge in [-0.2, -0.15) is 5.09 Å². The number of hydrogen-bond acceptors (Lipinski definition) is 12. The molecule has 38 heavy (non-hydrogen) atoms. The number of hydrogen-bond donors (Lipinski definition) is 3. The topological polar surface area (TPSA) is 182 Å². The van der Waals surface area contributed by atoms with E-state index in [0.29, 0.717) is 11.2 Å². The molecule has 4 N–H and O–H groups in total. The van der Waals surface area contributed by atoms with E-state index in [1.807, 2.05) is 0 Å². The second-order valence-corrected chi connectivity index (χ2v) is 11.1. The van der Waals surface area contributed by atoms with E-state index >= 15 is 0 Å². The Morgan fingerprint density at radius 2 is 2.05 bits per heavy atom. The van der Waals surface area contributed by atoms with E-state index in [1.165, 1.54) is 19.6 Å². The molecule has 3 unspecified atom stereocenters. The van der Waals surface area contributed by atoms with Crippen LogP contribution >= 0.6 is 7.75 Å². The number of carbonyl (C=O) groups is 1. The van der Waals surface area contributed by atoms with Gasteiger partial charge in [-0.15, -0.1) is 0 Å². The molecule has 0 saturated carbocycles. The molecule has 1 aromatic carbocycles. The van der Waals surface area contributed by atoms with Crippen LogP contribution in [0.5, 0.6) is 5.75 Å². The molecule has 2 aliphatic rings. The highest BCUT2D eigenvalue weighted by molar-refractivity contribution is 7.52. The Hall–Kier alpha value is -3.13. The lowest BCUT2D eigenvalue weighted by atomic mass is 10.0. The molecule has 0 amide bonds. The molecule has 2 bridgehead atoms. The number of esters is 1. The fourth-order valence-electron chi connectivity index (χ4n) is 4.32. The summed E-state index contributed by atoms with van der Waals surface area (Å²) in [7, 11) is -4.19. The van der Waals surface area contributed by atoms with Gasteiger partial charge in [0.25, 0.3) is 0 Å². The van der Waals surface area contributed by atoms with Gasteiger partial charge < -0.3 is 29.6 Å². The number of para-hydroxylation sites is 1. The number of anilines is 1. The van der Waals surface area contributed by atoms with Gasteiger partial charge in [0.05, 0.1) is 25.6 Å². The standard InChI is InChI=1S/C23H29N6O8P/c1-13(2)35-22(31)14(3)28-38(32,37-15-7-5-4-6-8-15)34-10-23-9-33-17(18(23)30)21(36-23)29-12-27-16-19(24)25-11-26-20(16)29/h4-8,11-14,17-18,21,30H,9-10H2,1-3H3,(H,28,32)(H2,24,25,26)/t14?,17-,18+,21?,23-,38?/m1/s1. The number of aromatic nitrogens is 4. The Kier molecular flexibility index (Phi) is 7.11. The average Bonchev–Trinajstić information content (AvgIpc) is 3.53. The second-order valence-electron chi connectivity index (χ2n) is 9.39. The maximum atomic E-state index is 13.9. The van der Waals surface area contributed by atoms with Crippen LogP contribution in [0.25, 0.3) is 11.2 Å². The Morgan fingerprint density at radius 1 is 1.29 bits per heavy atom. The first-order valence-electron chi connectivity index (χ1n) is 12.0. The Balaban J connectivity index is 1.36. The molecule has 4 heterocycles. The van der Waals surface area contributed by atoms with Crippen LogP contribution in [0.1, 0.15) is 27.0 Å². The highest BCUT2D eigenvalue weighted by Crippen LogP contribution is 2.50. The van der Waals surface area contributed by atoms with Crippen LogP contribution in [0, 0.1) is 0 Å². The monoisotopic (exact) mass is 548 g/mol. The lowest BCUT2D eigenvalue weighted by Gasteiger charge is -2.32. The van der Waals surface area contributed by atoms with Gasteiger partial charge in [0.1, 0.15) is 41.4 Å². The quantitative estimate of drug-likeness (QED) is 0.245.